The van der Waals surface area contributed by atoms with Crippen molar-refractivity contribution >= 4 is 0 Å². The molecule has 0 atom stereocenters. The number of benzene rings is 1. The molecule has 0 aromatic heterocycles. The topological polar surface area (TPSA) is 66.5 Å². The maximum absolute atomic E-state index is 8.54. The van der Waals surface area contributed by atoms with Gasteiger partial charge in [-0.2, -0.15) is 0 Å². The fourth-order valence-electron chi connectivity index (χ4n) is 0.583. The van der Waals surface area contributed by atoms with Crippen molar-refractivity contribution in [3.63, 3.8) is 0 Å². The molecule has 1 rings (SSSR count). The molecule has 0 saturated heterocycles. The van der Waals surface area contributed by atoms with Gasteiger partial charge in [-0.3, -0.25) is 0 Å². The molecule has 0 aliphatic rings. The van der Waals surface area contributed by atoms with Crippen LogP contribution in [0.1, 0.15) is 19.4 Å². The van der Waals surface area contributed by atoms with E-state index in [0.717, 1.165) is 5.56 Å². The van der Waals surface area contributed by atoms with Crippen LogP contribution in [0.25, 0.3) is 0 Å². The van der Waals surface area contributed by atoms with E-state index in [4.69, 9.17) is 10.3 Å². The van der Waals surface area contributed by atoms with Crippen LogP contribution < -0.4 is 5.90 Å². The lowest BCUT2D eigenvalue weighted by molar-refractivity contribution is 0.282. The highest BCUT2D eigenvalue weighted by molar-refractivity contribution is 5.12. The highest BCUT2D eigenvalue weighted by Crippen LogP contribution is 1.95. The molecule has 0 fully saturated rings. The minimum absolute atomic E-state index is 0.140. The van der Waals surface area contributed by atoms with E-state index < -0.39 is 0 Å². The monoisotopic (exact) mass is 171 g/mol. The van der Waals surface area contributed by atoms with Crippen LogP contribution in [0.5, 0.6) is 0 Å². The van der Waals surface area contributed by atoms with Crippen molar-refractivity contribution in [1.82, 2.24) is 0 Å². The zero-order valence-electron chi connectivity index (χ0n) is 7.57. The lowest BCUT2D eigenvalue weighted by atomic mass is 10.2. The van der Waals surface area contributed by atoms with Gasteiger partial charge in [0.25, 0.3) is 0 Å². The minimum Gasteiger partial charge on any atom is -0.392 e. The van der Waals surface area contributed by atoms with Crippen LogP contribution in [0.15, 0.2) is 30.3 Å². The van der Waals surface area contributed by atoms with E-state index in [1.54, 1.807) is 0 Å². The smallest absolute Gasteiger partial charge is 0.0681 e. The third kappa shape index (κ3) is 7.21. The Morgan fingerprint density at radius 1 is 1.08 bits per heavy atom. The van der Waals surface area contributed by atoms with E-state index in [9.17, 15) is 0 Å². The average Bonchev–Trinajstić information content (AvgIpc) is 2.25. The second-order valence-corrected chi connectivity index (χ2v) is 1.64. The molecule has 0 spiro atoms. The maximum atomic E-state index is 8.54. The normalized spacial score (nSPS) is 7.08. The Hall–Kier alpha value is -0.900. The lowest BCUT2D eigenvalue weighted by Crippen LogP contribution is -1.77. The molecule has 1 aromatic rings. The van der Waals surface area contributed by atoms with Gasteiger partial charge in [-0.05, 0) is 5.56 Å². The Morgan fingerprint density at radius 2 is 1.50 bits per heavy atom. The molecule has 0 heterocycles. The number of nitrogens with two attached hydrogens (primary N) is 1. The largest absolute Gasteiger partial charge is 0.392 e. The van der Waals surface area contributed by atoms with Gasteiger partial charge >= 0.3 is 0 Å². The molecule has 4 N–H and O–H groups in total. The van der Waals surface area contributed by atoms with Crippen LogP contribution in [0.2, 0.25) is 0 Å². The molecule has 3 heteroatoms. The summed E-state index contributed by atoms with van der Waals surface area (Å²) in [6.07, 6.45) is 0. The molecular formula is C9H17NO2. The van der Waals surface area contributed by atoms with Gasteiger partial charge in [0.1, 0.15) is 0 Å². The zero-order chi connectivity index (χ0) is 9.82. The summed E-state index contributed by atoms with van der Waals surface area (Å²) in [7, 11) is 0. The van der Waals surface area contributed by atoms with Gasteiger partial charge in [-0.15, -0.1) is 0 Å². The highest BCUT2D eigenvalue weighted by atomic mass is 16.4. The van der Waals surface area contributed by atoms with Crippen molar-refractivity contribution in [1.29, 1.82) is 0 Å². The SMILES string of the molecule is CC.NO.OCc1ccccc1. The predicted molar refractivity (Wildman–Crippen MR) is 49.7 cm³/mol. The summed E-state index contributed by atoms with van der Waals surface area (Å²) in [5.41, 5.74) is 0.965. The molecule has 12 heavy (non-hydrogen) atoms. The van der Waals surface area contributed by atoms with Gasteiger partial charge in [0, 0.05) is 0 Å². The van der Waals surface area contributed by atoms with Gasteiger partial charge in [0.15, 0.2) is 0 Å². The lowest BCUT2D eigenvalue weighted by Gasteiger charge is -1.89. The number of hydrogen-bond acceptors (Lipinski definition) is 3. The van der Waals surface area contributed by atoms with Crippen molar-refractivity contribution in [2.45, 2.75) is 20.5 Å². The minimum atomic E-state index is 0.140. The van der Waals surface area contributed by atoms with Crippen LogP contribution in [-0.2, 0) is 6.61 Å². The highest BCUT2D eigenvalue weighted by Gasteiger charge is 1.81. The molecule has 0 aliphatic carbocycles. The first kappa shape index (κ1) is 13.7. The van der Waals surface area contributed by atoms with Crippen molar-refractivity contribution in [2.75, 3.05) is 0 Å². The van der Waals surface area contributed by atoms with Crippen LogP contribution in [0.3, 0.4) is 0 Å². The summed E-state index contributed by atoms with van der Waals surface area (Å²) in [4.78, 5) is 0. The summed E-state index contributed by atoms with van der Waals surface area (Å²) < 4.78 is 0. The molecule has 0 radical (unpaired) electrons. The van der Waals surface area contributed by atoms with Gasteiger partial charge in [-0.25, -0.2) is 5.90 Å². The van der Waals surface area contributed by atoms with Crippen LogP contribution >= 0.6 is 0 Å². The Labute approximate surface area is 73.4 Å². The zero-order valence-corrected chi connectivity index (χ0v) is 7.57. The molecule has 0 unspecified atom stereocenters. The van der Waals surface area contributed by atoms with Crippen LogP contribution in [0, 0.1) is 0 Å². The first-order chi connectivity index (χ1) is 5.93. The molecular weight excluding hydrogens is 154 g/mol. The number of hydrogen-bond donors (Lipinski definition) is 3. The second kappa shape index (κ2) is 12.7. The van der Waals surface area contributed by atoms with E-state index in [0.29, 0.717) is 0 Å². The Morgan fingerprint density at radius 3 is 1.75 bits per heavy atom. The van der Waals surface area contributed by atoms with E-state index in [2.05, 4.69) is 5.90 Å². The van der Waals surface area contributed by atoms with E-state index in [1.807, 2.05) is 44.2 Å². The third-order valence-electron chi connectivity index (χ3n) is 1.03. The van der Waals surface area contributed by atoms with E-state index in [1.165, 1.54) is 0 Å². The van der Waals surface area contributed by atoms with Gasteiger partial charge in [0.05, 0.1) is 6.61 Å². The Bertz CT molecular complexity index is 154. The third-order valence-corrected chi connectivity index (χ3v) is 1.03. The quantitative estimate of drug-likeness (QED) is 0.561. The van der Waals surface area contributed by atoms with Crippen molar-refractivity contribution in [2.24, 2.45) is 5.90 Å². The first-order valence-corrected chi connectivity index (χ1v) is 3.84. The van der Waals surface area contributed by atoms with Crippen LogP contribution in [-0.4, -0.2) is 10.3 Å². The summed E-state index contributed by atoms with van der Waals surface area (Å²) in [5.74, 6) is 3.50. The van der Waals surface area contributed by atoms with Crippen molar-refractivity contribution < 1.29 is 10.3 Å². The van der Waals surface area contributed by atoms with Gasteiger partial charge in [-0.1, -0.05) is 44.2 Å². The van der Waals surface area contributed by atoms with Gasteiger partial charge in [0.2, 0.25) is 0 Å². The molecule has 0 saturated carbocycles. The molecule has 0 aliphatic heterocycles. The fraction of sp³-hybridized carbons (Fsp3) is 0.333. The number of aliphatic hydroxyl groups excluding tert-OH is 1. The fourth-order valence-corrected chi connectivity index (χ4v) is 0.583. The Balaban J connectivity index is 0. The van der Waals surface area contributed by atoms with Crippen LogP contribution in [0.4, 0.5) is 0 Å². The van der Waals surface area contributed by atoms with E-state index in [-0.39, 0.29) is 6.61 Å². The Kier molecular flexibility index (Phi) is 14.5. The average molecular weight is 171 g/mol. The summed E-state index contributed by atoms with van der Waals surface area (Å²) in [6.45, 7) is 4.14. The van der Waals surface area contributed by atoms with Crippen molar-refractivity contribution in [3.8, 4) is 0 Å². The van der Waals surface area contributed by atoms with Gasteiger partial charge < -0.3 is 10.3 Å². The number of aliphatic hydroxyl groups is 1. The second-order valence-electron chi connectivity index (χ2n) is 1.64. The molecule has 70 valence electrons. The standard InChI is InChI=1S/C7H8O.C2H6.H3NO/c8-6-7-4-2-1-3-5-7;2*1-2/h1-5,8H,6H2;1-2H3;2H,1H2. The number of rotatable bonds is 1. The molecule has 0 amide bonds. The molecule has 1 aromatic carbocycles. The molecule has 0 bridgehead atoms. The maximum Gasteiger partial charge on any atom is 0.0681 e. The molecule has 3 nitrogen and oxygen atoms in total. The van der Waals surface area contributed by atoms with E-state index >= 15 is 0 Å². The summed E-state index contributed by atoms with van der Waals surface area (Å²) in [6, 6.07) is 9.52. The summed E-state index contributed by atoms with van der Waals surface area (Å²) in [5, 5.41) is 15.0. The summed E-state index contributed by atoms with van der Waals surface area (Å²) >= 11 is 0. The van der Waals surface area contributed by atoms with Crippen molar-refractivity contribution in [3.05, 3.63) is 35.9 Å². The predicted octanol–water partition coefficient (Wildman–Crippen LogP) is 1.54. The first-order valence-electron chi connectivity index (χ1n) is 3.84.